The highest BCUT2D eigenvalue weighted by atomic mass is 16.5. The maximum absolute atomic E-state index is 12.0. The van der Waals surface area contributed by atoms with Crippen LogP contribution in [-0.2, 0) is 11.3 Å². The van der Waals surface area contributed by atoms with Gasteiger partial charge in [0.05, 0.1) is 12.2 Å². The lowest BCUT2D eigenvalue weighted by Crippen LogP contribution is -2.05. The van der Waals surface area contributed by atoms with Crippen molar-refractivity contribution in [3.05, 3.63) is 65.7 Å². The number of carbonyl (C=O) groups is 1. The van der Waals surface area contributed by atoms with Crippen LogP contribution >= 0.6 is 0 Å². The van der Waals surface area contributed by atoms with Gasteiger partial charge in [0.1, 0.15) is 12.4 Å². The second-order valence-electron chi connectivity index (χ2n) is 5.62. The Morgan fingerprint density at radius 2 is 1.68 bits per heavy atom. The molecule has 0 fully saturated rings. The summed E-state index contributed by atoms with van der Waals surface area (Å²) in [6.07, 6.45) is 1.01. The Labute approximate surface area is 131 Å². The van der Waals surface area contributed by atoms with Crippen LogP contribution in [0.1, 0.15) is 36.2 Å². The quantitative estimate of drug-likeness (QED) is 0.708. The summed E-state index contributed by atoms with van der Waals surface area (Å²) >= 11 is 0. The molecule has 0 atom stereocenters. The molecule has 0 aliphatic rings. The zero-order chi connectivity index (χ0) is 15.8. The van der Waals surface area contributed by atoms with E-state index in [1.54, 1.807) is 24.3 Å². The van der Waals surface area contributed by atoms with Gasteiger partial charge in [-0.2, -0.15) is 0 Å². The molecule has 0 aliphatic carbocycles. The Hall–Kier alpha value is -2.29. The van der Waals surface area contributed by atoms with E-state index in [-0.39, 0.29) is 12.6 Å². The predicted octanol–water partition coefficient (Wildman–Crippen LogP) is 4.47. The zero-order valence-electron chi connectivity index (χ0n) is 13.1. The number of hydrogen-bond donors (Lipinski definition) is 0. The molecule has 0 aromatic heterocycles. The Morgan fingerprint density at radius 3 is 2.32 bits per heavy atom. The molecule has 0 unspecified atom stereocenters. The van der Waals surface area contributed by atoms with Crippen molar-refractivity contribution in [2.75, 3.05) is 6.61 Å². The first kappa shape index (κ1) is 16.1. The average Bonchev–Trinajstić information content (AvgIpc) is 2.54. The first-order chi connectivity index (χ1) is 10.6. The van der Waals surface area contributed by atoms with E-state index < -0.39 is 0 Å². The summed E-state index contributed by atoms with van der Waals surface area (Å²) in [5.74, 6) is 1.07. The summed E-state index contributed by atoms with van der Waals surface area (Å²) in [6.45, 7) is 5.30. The molecule has 2 aromatic rings. The summed E-state index contributed by atoms with van der Waals surface area (Å²) in [7, 11) is 0. The van der Waals surface area contributed by atoms with Crippen LogP contribution in [-0.4, -0.2) is 12.6 Å². The van der Waals surface area contributed by atoms with Crippen LogP contribution in [0.2, 0.25) is 0 Å². The molecule has 0 aliphatic heterocycles. The molecule has 0 saturated heterocycles. The van der Waals surface area contributed by atoms with Gasteiger partial charge >= 0.3 is 5.97 Å². The Bertz CT molecular complexity index is 573. The molecule has 0 heterocycles. The fraction of sp³-hybridized carbons (Fsp3) is 0.316. The van der Waals surface area contributed by atoms with Gasteiger partial charge in [0.15, 0.2) is 0 Å². The summed E-state index contributed by atoms with van der Waals surface area (Å²) in [4.78, 5) is 12.0. The molecule has 0 radical (unpaired) electrons. The molecule has 3 nitrogen and oxygen atoms in total. The van der Waals surface area contributed by atoms with Crippen molar-refractivity contribution in [2.24, 2.45) is 5.92 Å². The highest BCUT2D eigenvalue weighted by molar-refractivity contribution is 5.89. The summed E-state index contributed by atoms with van der Waals surface area (Å²) in [5.41, 5.74) is 1.51. The number of esters is 1. The Balaban J connectivity index is 1.83. The van der Waals surface area contributed by atoms with Crippen molar-refractivity contribution in [2.45, 2.75) is 26.9 Å². The molecule has 116 valence electrons. The minimum absolute atomic E-state index is 0.284. The molecule has 22 heavy (non-hydrogen) atoms. The minimum Gasteiger partial charge on any atom is -0.494 e. The van der Waals surface area contributed by atoms with Crippen LogP contribution in [0.15, 0.2) is 54.6 Å². The van der Waals surface area contributed by atoms with Crippen LogP contribution < -0.4 is 4.74 Å². The number of carbonyl (C=O) groups excluding carboxylic acids is 1. The smallest absolute Gasteiger partial charge is 0.338 e. The predicted molar refractivity (Wildman–Crippen MR) is 87.0 cm³/mol. The van der Waals surface area contributed by atoms with Crippen LogP contribution in [0.25, 0.3) is 0 Å². The molecule has 2 aromatic carbocycles. The summed E-state index contributed by atoms with van der Waals surface area (Å²) < 4.78 is 10.9. The fourth-order valence-corrected chi connectivity index (χ4v) is 1.91. The second-order valence-corrected chi connectivity index (χ2v) is 5.62. The van der Waals surface area contributed by atoms with Gasteiger partial charge in [0, 0.05) is 0 Å². The van der Waals surface area contributed by atoms with Crippen LogP contribution in [0.4, 0.5) is 0 Å². The lowest BCUT2D eigenvalue weighted by molar-refractivity contribution is 0.0472. The molecule has 3 heteroatoms. The number of ether oxygens (including phenoxy) is 2. The molecular weight excluding hydrogens is 276 g/mol. The van der Waals surface area contributed by atoms with Crippen molar-refractivity contribution in [3.63, 3.8) is 0 Å². The Morgan fingerprint density at radius 1 is 1.00 bits per heavy atom. The van der Waals surface area contributed by atoms with E-state index in [1.807, 2.05) is 30.3 Å². The molecular formula is C19H22O3. The van der Waals surface area contributed by atoms with Gasteiger partial charge in [-0.25, -0.2) is 4.79 Å². The maximum atomic E-state index is 12.0. The number of rotatable bonds is 7. The second kappa shape index (κ2) is 8.23. The molecule has 0 bridgehead atoms. The summed E-state index contributed by atoms with van der Waals surface area (Å²) in [6, 6.07) is 16.7. The monoisotopic (exact) mass is 298 g/mol. The van der Waals surface area contributed by atoms with Gasteiger partial charge in [-0.3, -0.25) is 0 Å². The van der Waals surface area contributed by atoms with Gasteiger partial charge < -0.3 is 9.47 Å². The molecule has 2 rings (SSSR count). The highest BCUT2D eigenvalue weighted by Gasteiger charge is 2.07. The third-order valence-corrected chi connectivity index (χ3v) is 3.27. The van der Waals surface area contributed by atoms with Crippen molar-refractivity contribution in [1.82, 2.24) is 0 Å². The van der Waals surface area contributed by atoms with Crippen LogP contribution in [0.5, 0.6) is 5.75 Å². The average molecular weight is 298 g/mol. The SMILES string of the molecule is CC(C)CCOc1ccc(C(=O)OCc2ccccc2)cc1. The normalized spacial score (nSPS) is 10.5. The zero-order valence-corrected chi connectivity index (χ0v) is 13.1. The number of benzene rings is 2. The standard InChI is InChI=1S/C19H22O3/c1-15(2)12-13-21-18-10-8-17(9-11-18)19(20)22-14-16-6-4-3-5-7-16/h3-11,15H,12-14H2,1-2H3. The topological polar surface area (TPSA) is 35.5 Å². The fourth-order valence-electron chi connectivity index (χ4n) is 1.91. The van der Waals surface area contributed by atoms with Gasteiger partial charge in [0.2, 0.25) is 0 Å². The van der Waals surface area contributed by atoms with Crippen LogP contribution in [0.3, 0.4) is 0 Å². The van der Waals surface area contributed by atoms with E-state index in [0.717, 1.165) is 17.7 Å². The largest absolute Gasteiger partial charge is 0.494 e. The van der Waals surface area contributed by atoms with Crippen molar-refractivity contribution in [1.29, 1.82) is 0 Å². The maximum Gasteiger partial charge on any atom is 0.338 e. The van der Waals surface area contributed by atoms with Crippen molar-refractivity contribution >= 4 is 5.97 Å². The molecule has 0 spiro atoms. The van der Waals surface area contributed by atoms with E-state index in [9.17, 15) is 4.79 Å². The van der Waals surface area contributed by atoms with Gasteiger partial charge in [-0.1, -0.05) is 44.2 Å². The third kappa shape index (κ3) is 5.24. The van der Waals surface area contributed by atoms with E-state index in [0.29, 0.717) is 18.1 Å². The first-order valence-electron chi connectivity index (χ1n) is 7.59. The van der Waals surface area contributed by atoms with E-state index in [2.05, 4.69) is 13.8 Å². The lowest BCUT2D eigenvalue weighted by atomic mass is 10.1. The van der Waals surface area contributed by atoms with Crippen LogP contribution in [0, 0.1) is 5.92 Å². The first-order valence-corrected chi connectivity index (χ1v) is 7.59. The summed E-state index contributed by atoms with van der Waals surface area (Å²) in [5, 5.41) is 0. The van der Waals surface area contributed by atoms with E-state index >= 15 is 0 Å². The van der Waals surface area contributed by atoms with Crippen molar-refractivity contribution in [3.8, 4) is 5.75 Å². The number of hydrogen-bond acceptors (Lipinski definition) is 3. The minimum atomic E-state index is -0.322. The van der Waals surface area contributed by atoms with Crippen molar-refractivity contribution < 1.29 is 14.3 Å². The lowest BCUT2D eigenvalue weighted by Gasteiger charge is -2.09. The molecule has 0 N–H and O–H groups in total. The van der Waals surface area contributed by atoms with Gasteiger partial charge in [0.25, 0.3) is 0 Å². The molecule has 0 saturated carbocycles. The molecule has 0 amide bonds. The Kier molecular flexibility index (Phi) is 6.01. The van der Waals surface area contributed by atoms with E-state index in [1.165, 1.54) is 0 Å². The highest BCUT2D eigenvalue weighted by Crippen LogP contribution is 2.14. The van der Waals surface area contributed by atoms with Gasteiger partial charge in [-0.15, -0.1) is 0 Å². The third-order valence-electron chi connectivity index (χ3n) is 3.27. The van der Waals surface area contributed by atoms with Gasteiger partial charge in [-0.05, 0) is 42.2 Å². The van der Waals surface area contributed by atoms with E-state index in [4.69, 9.17) is 9.47 Å².